The van der Waals surface area contributed by atoms with Crippen molar-refractivity contribution in [1.82, 2.24) is 4.90 Å². The lowest BCUT2D eigenvalue weighted by molar-refractivity contribution is 0.0614. The molecule has 16 heavy (non-hydrogen) atoms. The van der Waals surface area contributed by atoms with Gasteiger partial charge in [0.05, 0.1) is 0 Å². The molecule has 0 aromatic rings. The summed E-state index contributed by atoms with van der Waals surface area (Å²) in [5.74, 6) is 0. The molecule has 0 aromatic heterocycles. The molecule has 0 atom stereocenters. The number of hydrogen-bond acceptors (Lipinski definition) is 2. The van der Waals surface area contributed by atoms with Crippen LogP contribution in [0.25, 0.3) is 0 Å². The summed E-state index contributed by atoms with van der Waals surface area (Å²) in [4.78, 5) is 2.65. The van der Waals surface area contributed by atoms with Gasteiger partial charge in [-0.3, -0.25) is 0 Å². The van der Waals surface area contributed by atoms with E-state index in [2.05, 4.69) is 11.8 Å². The molecule has 0 amide bonds. The molecule has 0 unspecified atom stereocenters. The highest BCUT2D eigenvalue weighted by Gasteiger charge is 2.36. The Balaban J connectivity index is 1.93. The van der Waals surface area contributed by atoms with Crippen LogP contribution in [0.5, 0.6) is 0 Å². The molecule has 2 aliphatic rings. The molecule has 0 spiro atoms. The first kappa shape index (κ1) is 12.4. The molecule has 2 heteroatoms. The van der Waals surface area contributed by atoms with Crippen LogP contribution >= 0.6 is 0 Å². The highest BCUT2D eigenvalue weighted by molar-refractivity contribution is 4.89. The smallest absolute Gasteiger partial charge is 0.0499 e. The van der Waals surface area contributed by atoms with Gasteiger partial charge in [0.1, 0.15) is 0 Å². The van der Waals surface area contributed by atoms with Crippen LogP contribution in [0.4, 0.5) is 0 Å². The molecule has 2 rings (SSSR count). The number of nitrogens with zero attached hydrogens (tertiary/aromatic N) is 1. The Labute approximate surface area is 100 Å². The minimum absolute atomic E-state index is 0.249. The van der Waals surface area contributed by atoms with Gasteiger partial charge in [0.15, 0.2) is 0 Å². The third-order valence-corrected chi connectivity index (χ3v) is 4.79. The van der Waals surface area contributed by atoms with E-state index in [0.29, 0.717) is 6.61 Å². The van der Waals surface area contributed by atoms with E-state index in [0.717, 1.165) is 19.1 Å². The maximum absolute atomic E-state index is 9.68. The van der Waals surface area contributed by atoms with Crippen LogP contribution < -0.4 is 0 Å². The average Bonchev–Trinajstić information content (AvgIpc) is 2.98. The monoisotopic (exact) mass is 225 g/mol. The van der Waals surface area contributed by atoms with E-state index < -0.39 is 0 Å². The maximum atomic E-state index is 9.68. The fourth-order valence-electron chi connectivity index (χ4n) is 3.69. The van der Waals surface area contributed by atoms with Crippen molar-refractivity contribution >= 4 is 0 Å². The fourth-order valence-corrected chi connectivity index (χ4v) is 3.69. The summed E-state index contributed by atoms with van der Waals surface area (Å²) < 4.78 is 0. The van der Waals surface area contributed by atoms with Crippen molar-refractivity contribution in [3.05, 3.63) is 0 Å². The van der Waals surface area contributed by atoms with Crippen LogP contribution in [0.3, 0.4) is 0 Å². The molecule has 1 N–H and O–H groups in total. The molecule has 2 saturated carbocycles. The van der Waals surface area contributed by atoms with E-state index in [9.17, 15) is 5.11 Å². The zero-order chi connectivity index (χ0) is 11.4. The van der Waals surface area contributed by atoms with Gasteiger partial charge < -0.3 is 10.0 Å². The minimum Gasteiger partial charge on any atom is -0.396 e. The first-order chi connectivity index (χ1) is 7.79. The number of aliphatic hydroxyl groups excluding tert-OH is 1. The highest BCUT2D eigenvalue weighted by Crippen LogP contribution is 2.39. The van der Waals surface area contributed by atoms with Crippen molar-refractivity contribution < 1.29 is 5.11 Å². The second-order valence-electron chi connectivity index (χ2n) is 5.87. The van der Waals surface area contributed by atoms with Gasteiger partial charge in [0, 0.05) is 24.6 Å². The fraction of sp³-hybridized carbons (Fsp3) is 1.00. The van der Waals surface area contributed by atoms with Crippen molar-refractivity contribution in [2.75, 3.05) is 19.7 Å². The first-order valence-electron chi connectivity index (χ1n) is 7.14. The Bertz CT molecular complexity index is 205. The maximum Gasteiger partial charge on any atom is 0.0499 e. The van der Waals surface area contributed by atoms with Gasteiger partial charge in [-0.05, 0) is 32.2 Å². The molecule has 0 aliphatic heterocycles. The SMILES string of the molecule is CCN(CC1(CO)CCCC1)C1CCCC1. The molecule has 0 saturated heterocycles. The van der Waals surface area contributed by atoms with Crippen molar-refractivity contribution in [3.8, 4) is 0 Å². The van der Waals surface area contributed by atoms with Gasteiger partial charge in [-0.2, -0.15) is 0 Å². The Morgan fingerprint density at radius 2 is 1.75 bits per heavy atom. The van der Waals surface area contributed by atoms with Gasteiger partial charge in [-0.1, -0.05) is 32.6 Å². The van der Waals surface area contributed by atoms with Crippen LogP contribution in [-0.2, 0) is 0 Å². The summed E-state index contributed by atoms with van der Waals surface area (Å²) in [6.45, 7) is 4.98. The predicted molar refractivity (Wildman–Crippen MR) is 67.5 cm³/mol. The normalized spacial score (nSPS) is 25.7. The van der Waals surface area contributed by atoms with Crippen LogP contribution in [0.1, 0.15) is 58.3 Å². The summed E-state index contributed by atoms with van der Waals surface area (Å²) in [6, 6.07) is 0.814. The predicted octanol–water partition coefficient (Wildman–Crippen LogP) is 2.80. The molecule has 0 radical (unpaired) electrons. The summed E-state index contributed by atoms with van der Waals surface area (Å²) in [6.07, 6.45) is 10.7. The largest absolute Gasteiger partial charge is 0.396 e. The van der Waals surface area contributed by atoms with Gasteiger partial charge in [-0.25, -0.2) is 0 Å². The molecular formula is C14H27NO. The topological polar surface area (TPSA) is 23.5 Å². The summed E-state index contributed by atoms with van der Waals surface area (Å²) in [5.41, 5.74) is 0.249. The van der Waals surface area contributed by atoms with Gasteiger partial charge in [0.25, 0.3) is 0 Å². The van der Waals surface area contributed by atoms with Crippen LogP contribution in [-0.4, -0.2) is 35.7 Å². The lowest BCUT2D eigenvalue weighted by Gasteiger charge is -2.36. The van der Waals surface area contributed by atoms with E-state index >= 15 is 0 Å². The molecule has 2 fully saturated rings. The van der Waals surface area contributed by atoms with Crippen molar-refractivity contribution in [3.63, 3.8) is 0 Å². The summed E-state index contributed by atoms with van der Waals surface area (Å²) >= 11 is 0. The third kappa shape index (κ3) is 2.60. The van der Waals surface area contributed by atoms with Gasteiger partial charge >= 0.3 is 0 Å². The molecule has 0 heterocycles. The van der Waals surface area contributed by atoms with E-state index in [-0.39, 0.29) is 5.41 Å². The molecule has 0 bridgehead atoms. The van der Waals surface area contributed by atoms with E-state index in [1.807, 2.05) is 0 Å². The zero-order valence-corrected chi connectivity index (χ0v) is 10.7. The molecule has 2 nitrogen and oxygen atoms in total. The highest BCUT2D eigenvalue weighted by atomic mass is 16.3. The van der Waals surface area contributed by atoms with E-state index in [4.69, 9.17) is 0 Å². The lowest BCUT2D eigenvalue weighted by Crippen LogP contribution is -2.43. The van der Waals surface area contributed by atoms with Crippen LogP contribution in [0, 0.1) is 5.41 Å². The summed E-state index contributed by atoms with van der Waals surface area (Å²) in [5, 5.41) is 9.68. The Hall–Kier alpha value is -0.0800. The van der Waals surface area contributed by atoms with Gasteiger partial charge in [0.2, 0.25) is 0 Å². The van der Waals surface area contributed by atoms with Crippen molar-refractivity contribution in [2.45, 2.75) is 64.3 Å². The first-order valence-corrected chi connectivity index (χ1v) is 7.14. The Morgan fingerprint density at radius 1 is 1.12 bits per heavy atom. The van der Waals surface area contributed by atoms with Crippen molar-refractivity contribution in [2.24, 2.45) is 5.41 Å². The quantitative estimate of drug-likeness (QED) is 0.777. The number of hydrogen-bond donors (Lipinski definition) is 1. The Morgan fingerprint density at radius 3 is 2.25 bits per heavy atom. The molecular weight excluding hydrogens is 198 g/mol. The van der Waals surface area contributed by atoms with E-state index in [1.54, 1.807) is 0 Å². The summed E-state index contributed by atoms with van der Waals surface area (Å²) in [7, 11) is 0. The lowest BCUT2D eigenvalue weighted by atomic mass is 9.86. The van der Waals surface area contributed by atoms with Crippen LogP contribution in [0.15, 0.2) is 0 Å². The second kappa shape index (κ2) is 5.50. The van der Waals surface area contributed by atoms with E-state index in [1.165, 1.54) is 51.4 Å². The second-order valence-corrected chi connectivity index (χ2v) is 5.87. The Kier molecular flexibility index (Phi) is 4.26. The molecule has 2 aliphatic carbocycles. The average molecular weight is 225 g/mol. The number of aliphatic hydroxyl groups is 1. The standard InChI is InChI=1S/C14H27NO/c1-2-15(13-7-3-4-8-13)11-14(12-16)9-5-6-10-14/h13,16H,2-12H2,1H3. The van der Waals surface area contributed by atoms with Gasteiger partial charge in [-0.15, -0.1) is 0 Å². The van der Waals surface area contributed by atoms with Crippen molar-refractivity contribution in [1.29, 1.82) is 0 Å². The van der Waals surface area contributed by atoms with Crippen LogP contribution in [0.2, 0.25) is 0 Å². The molecule has 0 aromatic carbocycles. The molecule has 94 valence electrons. The number of rotatable bonds is 5. The zero-order valence-electron chi connectivity index (χ0n) is 10.7. The third-order valence-electron chi connectivity index (χ3n) is 4.79. The minimum atomic E-state index is 0.249.